The lowest BCUT2D eigenvalue weighted by molar-refractivity contribution is -0.936. The van der Waals surface area contributed by atoms with Crippen LogP contribution in [0.1, 0.15) is 55.3 Å². The van der Waals surface area contributed by atoms with E-state index in [-0.39, 0.29) is 18.0 Å². The Labute approximate surface area is 206 Å². The minimum atomic E-state index is -0.228. The van der Waals surface area contributed by atoms with Crippen molar-refractivity contribution in [1.82, 2.24) is 19.9 Å². The molecule has 2 aromatic heterocycles. The molecule has 0 spiro atoms. The van der Waals surface area contributed by atoms with Gasteiger partial charge in [0, 0.05) is 48.4 Å². The SMILES string of the molecule is Cc1c[nH]c2ccc(CNC(=O)Cn3c(C)cnc(NC[N+]4(C5CCCC5)CCCC4)c3=O)cc12. The largest absolute Gasteiger partial charge is 0.361 e. The van der Waals surface area contributed by atoms with E-state index in [0.717, 1.165) is 27.6 Å². The maximum Gasteiger partial charge on any atom is 0.294 e. The van der Waals surface area contributed by atoms with Crippen molar-refractivity contribution in [2.75, 3.05) is 25.1 Å². The molecule has 35 heavy (non-hydrogen) atoms. The molecule has 1 aromatic carbocycles. The van der Waals surface area contributed by atoms with Gasteiger partial charge in [0.25, 0.3) is 5.56 Å². The monoisotopic (exact) mass is 477 g/mol. The predicted molar refractivity (Wildman–Crippen MR) is 138 cm³/mol. The van der Waals surface area contributed by atoms with Gasteiger partial charge in [0.05, 0.1) is 19.1 Å². The number of H-pyrrole nitrogens is 1. The molecule has 3 aromatic rings. The predicted octanol–water partition coefficient (Wildman–Crippen LogP) is 3.58. The van der Waals surface area contributed by atoms with Gasteiger partial charge in [-0.2, -0.15) is 0 Å². The van der Waals surface area contributed by atoms with Crippen LogP contribution in [-0.4, -0.2) is 50.7 Å². The minimum absolute atomic E-state index is 0.0179. The Morgan fingerprint density at radius 2 is 1.94 bits per heavy atom. The number of carbonyl (C=O) groups is 1. The molecular formula is C27H37N6O2+. The molecule has 8 heteroatoms. The van der Waals surface area contributed by atoms with Gasteiger partial charge in [0.15, 0.2) is 12.5 Å². The zero-order valence-electron chi connectivity index (χ0n) is 20.9. The Morgan fingerprint density at radius 1 is 1.17 bits per heavy atom. The molecule has 3 heterocycles. The Morgan fingerprint density at radius 3 is 2.71 bits per heavy atom. The smallest absolute Gasteiger partial charge is 0.294 e. The van der Waals surface area contributed by atoms with E-state index >= 15 is 0 Å². The molecule has 0 unspecified atom stereocenters. The van der Waals surface area contributed by atoms with E-state index in [1.807, 2.05) is 25.3 Å². The van der Waals surface area contributed by atoms with Crippen LogP contribution in [0.25, 0.3) is 10.9 Å². The Balaban J connectivity index is 1.24. The van der Waals surface area contributed by atoms with Crippen molar-refractivity contribution >= 4 is 22.6 Å². The Hall–Kier alpha value is -3.13. The van der Waals surface area contributed by atoms with Crippen molar-refractivity contribution in [2.45, 2.75) is 71.5 Å². The highest BCUT2D eigenvalue weighted by Gasteiger charge is 2.41. The molecule has 0 radical (unpaired) electrons. The van der Waals surface area contributed by atoms with Crippen LogP contribution in [0, 0.1) is 13.8 Å². The second kappa shape index (κ2) is 9.85. The standard InChI is InChI=1S/C27H36N6O2/c1-19-14-28-24-10-9-21(13-23(19)24)16-29-25(34)17-32-20(2)15-30-26(27(32)35)31-18-33(11-5-6-12-33)22-7-3-4-8-22/h9-10,13-15,22,28H,3-8,11-12,16-18H2,1-2H3,(H-,29,30,31,34)/p+1. The van der Waals surface area contributed by atoms with Crippen LogP contribution >= 0.6 is 0 Å². The molecule has 1 aliphatic heterocycles. The topological polar surface area (TPSA) is 91.8 Å². The van der Waals surface area contributed by atoms with Gasteiger partial charge in [0.2, 0.25) is 5.91 Å². The molecule has 186 valence electrons. The van der Waals surface area contributed by atoms with Crippen LogP contribution in [0.15, 0.2) is 35.4 Å². The summed E-state index contributed by atoms with van der Waals surface area (Å²) in [6.07, 6.45) is 11.4. The fourth-order valence-electron chi connectivity index (χ4n) is 6.01. The van der Waals surface area contributed by atoms with Crippen LogP contribution in [0.2, 0.25) is 0 Å². The number of quaternary nitrogens is 1. The molecule has 1 saturated heterocycles. The summed E-state index contributed by atoms with van der Waals surface area (Å²) in [6, 6.07) is 6.82. The highest BCUT2D eigenvalue weighted by atomic mass is 16.2. The maximum absolute atomic E-state index is 13.2. The number of nitrogens with one attached hydrogen (secondary N) is 3. The fraction of sp³-hybridized carbons (Fsp3) is 0.519. The summed E-state index contributed by atoms with van der Waals surface area (Å²) in [4.78, 5) is 33.6. The van der Waals surface area contributed by atoms with E-state index in [2.05, 4.69) is 33.6 Å². The Kier molecular flexibility index (Phi) is 6.65. The third kappa shape index (κ3) is 4.85. The zero-order valence-corrected chi connectivity index (χ0v) is 20.9. The van der Waals surface area contributed by atoms with Crippen molar-refractivity contribution in [3.05, 3.63) is 57.8 Å². The van der Waals surface area contributed by atoms with E-state index in [0.29, 0.717) is 24.1 Å². The number of nitrogens with zero attached hydrogens (tertiary/aromatic N) is 3. The number of anilines is 1. The first-order chi connectivity index (χ1) is 16.9. The summed E-state index contributed by atoms with van der Waals surface area (Å²) in [5, 5.41) is 7.51. The highest BCUT2D eigenvalue weighted by molar-refractivity contribution is 5.83. The van der Waals surface area contributed by atoms with Gasteiger partial charge in [-0.15, -0.1) is 0 Å². The van der Waals surface area contributed by atoms with E-state index < -0.39 is 0 Å². The van der Waals surface area contributed by atoms with Crippen molar-refractivity contribution in [3.8, 4) is 0 Å². The lowest BCUT2D eigenvalue weighted by Gasteiger charge is -2.40. The number of aromatic nitrogens is 3. The van der Waals surface area contributed by atoms with Crippen LogP contribution in [0.4, 0.5) is 5.82 Å². The fourth-order valence-corrected chi connectivity index (χ4v) is 6.01. The number of amides is 1. The summed E-state index contributed by atoms with van der Waals surface area (Å²) in [5.74, 6) is 0.159. The number of carbonyl (C=O) groups excluding carboxylic acids is 1. The number of rotatable bonds is 8. The van der Waals surface area contributed by atoms with Gasteiger partial charge in [-0.05, 0) is 62.8 Å². The van der Waals surface area contributed by atoms with Gasteiger partial charge in [-0.25, -0.2) is 4.98 Å². The second-order valence-electron chi connectivity index (χ2n) is 10.4. The number of likely N-dealkylation sites (tertiary alicyclic amines) is 1. The first kappa shape index (κ1) is 23.6. The quantitative estimate of drug-likeness (QED) is 0.433. The first-order valence-corrected chi connectivity index (χ1v) is 12.9. The van der Waals surface area contributed by atoms with E-state index in [4.69, 9.17) is 0 Å². The average molecular weight is 478 g/mol. The minimum Gasteiger partial charge on any atom is -0.361 e. The first-order valence-electron chi connectivity index (χ1n) is 12.9. The molecule has 2 aliphatic rings. The average Bonchev–Trinajstić information content (AvgIpc) is 3.62. The van der Waals surface area contributed by atoms with Gasteiger partial charge >= 0.3 is 0 Å². The molecule has 5 rings (SSSR count). The third-order valence-corrected chi connectivity index (χ3v) is 8.12. The van der Waals surface area contributed by atoms with Gasteiger partial charge in [-0.1, -0.05) is 6.07 Å². The lowest BCUT2D eigenvalue weighted by atomic mass is 10.1. The Bertz CT molecular complexity index is 1260. The number of benzene rings is 1. The number of fused-ring (bicyclic) bond motifs is 1. The van der Waals surface area contributed by atoms with E-state index in [1.165, 1.54) is 61.7 Å². The van der Waals surface area contributed by atoms with Crippen LogP contribution in [0.5, 0.6) is 0 Å². The van der Waals surface area contributed by atoms with Crippen LogP contribution in [0.3, 0.4) is 0 Å². The zero-order chi connectivity index (χ0) is 24.4. The molecule has 1 aliphatic carbocycles. The second-order valence-corrected chi connectivity index (χ2v) is 10.4. The van der Waals surface area contributed by atoms with E-state index in [9.17, 15) is 9.59 Å². The van der Waals surface area contributed by atoms with Crippen molar-refractivity contribution in [1.29, 1.82) is 0 Å². The van der Waals surface area contributed by atoms with Crippen LogP contribution < -0.4 is 16.2 Å². The van der Waals surface area contributed by atoms with E-state index in [1.54, 1.807) is 6.20 Å². The van der Waals surface area contributed by atoms with Crippen molar-refractivity contribution in [3.63, 3.8) is 0 Å². The number of hydrogen-bond acceptors (Lipinski definition) is 4. The summed E-state index contributed by atoms with van der Waals surface area (Å²) in [7, 11) is 0. The summed E-state index contributed by atoms with van der Waals surface area (Å²) in [6.45, 7) is 7.38. The molecule has 3 N–H and O–H groups in total. The third-order valence-electron chi connectivity index (χ3n) is 8.12. The lowest BCUT2D eigenvalue weighted by Crippen LogP contribution is -2.55. The highest BCUT2D eigenvalue weighted by Crippen LogP contribution is 2.33. The van der Waals surface area contributed by atoms with Crippen LogP contribution in [-0.2, 0) is 17.9 Å². The summed E-state index contributed by atoms with van der Waals surface area (Å²) >= 11 is 0. The number of aryl methyl sites for hydroxylation is 2. The maximum atomic E-state index is 13.2. The summed E-state index contributed by atoms with van der Waals surface area (Å²) < 4.78 is 2.58. The summed E-state index contributed by atoms with van der Waals surface area (Å²) in [5.41, 5.74) is 3.75. The molecule has 2 fully saturated rings. The number of aromatic amines is 1. The molecule has 0 bridgehead atoms. The molecule has 0 atom stereocenters. The molecule has 1 amide bonds. The normalized spacial score (nSPS) is 17.8. The van der Waals surface area contributed by atoms with Gasteiger partial charge < -0.3 is 20.1 Å². The van der Waals surface area contributed by atoms with Gasteiger partial charge in [0.1, 0.15) is 6.54 Å². The van der Waals surface area contributed by atoms with Gasteiger partial charge in [-0.3, -0.25) is 14.2 Å². The number of hydrogen-bond donors (Lipinski definition) is 3. The van der Waals surface area contributed by atoms with Crippen molar-refractivity contribution < 1.29 is 9.28 Å². The molecule has 1 saturated carbocycles. The molecule has 8 nitrogen and oxygen atoms in total. The van der Waals surface area contributed by atoms with Crippen molar-refractivity contribution in [2.24, 2.45) is 0 Å². The molecular weight excluding hydrogens is 440 g/mol.